The highest BCUT2D eigenvalue weighted by Gasteiger charge is 2.61. The highest BCUT2D eigenvalue weighted by molar-refractivity contribution is 5.54. The minimum absolute atomic E-state index is 0.147. The molecule has 2 N–H and O–H groups in total. The number of hydrogen-bond acceptors (Lipinski definition) is 6. The molecule has 30 heavy (non-hydrogen) atoms. The molecule has 0 saturated carbocycles. The lowest BCUT2D eigenvalue weighted by atomic mass is 9.58. The molecule has 0 aromatic heterocycles. The Morgan fingerprint density at radius 3 is 1.80 bits per heavy atom. The number of rotatable bonds is 3. The van der Waals surface area contributed by atoms with Gasteiger partial charge in [-0.05, 0) is 35.4 Å². The molecule has 0 spiro atoms. The van der Waals surface area contributed by atoms with Crippen LogP contribution in [-0.4, -0.2) is 11.0 Å². The van der Waals surface area contributed by atoms with Gasteiger partial charge in [-0.3, -0.25) is 10.1 Å². The fourth-order valence-corrected chi connectivity index (χ4v) is 3.98. The number of nitrogens with zero attached hydrogens (tertiary/aromatic N) is 4. The number of allylic oxidation sites excluding steroid dienone is 1. The molecule has 0 radical (unpaired) electrons. The molecule has 2 aromatic carbocycles. The SMILES string of the molecule is N#CC1=C(N)C(C#N)(C#N)[C@H](c2ccc(F)cc2)[C@@H]([N+](=O)[O-])[C@H]1c1ccc(F)cc1. The van der Waals surface area contributed by atoms with E-state index in [4.69, 9.17) is 5.73 Å². The third-order valence-electron chi connectivity index (χ3n) is 5.35. The van der Waals surface area contributed by atoms with Gasteiger partial charge < -0.3 is 5.73 Å². The molecule has 7 nitrogen and oxygen atoms in total. The predicted octanol–water partition coefficient (Wildman–Crippen LogP) is 3.26. The maximum Gasteiger partial charge on any atom is 0.234 e. The Morgan fingerprint density at radius 2 is 1.40 bits per heavy atom. The summed E-state index contributed by atoms with van der Waals surface area (Å²) in [5, 5.41) is 41.6. The van der Waals surface area contributed by atoms with Crippen molar-refractivity contribution in [3.05, 3.63) is 92.7 Å². The van der Waals surface area contributed by atoms with E-state index < -0.39 is 45.5 Å². The first kappa shape index (κ1) is 20.4. The van der Waals surface area contributed by atoms with Crippen molar-refractivity contribution >= 4 is 0 Å². The fourth-order valence-electron chi connectivity index (χ4n) is 3.98. The third kappa shape index (κ3) is 3.01. The second-order valence-electron chi connectivity index (χ2n) is 6.81. The van der Waals surface area contributed by atoms with Gasteiger partial charge in [0.2, 0.25) is 6.04 Å². The highest BCUT2D eigenvalue weighted by atomic mass is 19.1. The van der Waals surface area contributed by atoms with Crippen molar-refractivity contribution in [3.8, 4) is 18.2 Å². The van der Waals surface area contributed by atoms with Gasteiger partial charge in [-0.15, -0.1) is 0 Å². The summed E-state index contributed by atoms with van der Waals surface area (Å²) in [5.74, 6) is -3.84. The van der Waals surface area contributed by atoms with Crippen molar-refractivity contribution in [2.24, 2.45) is 11.1 Å². The zero-order valence-electron chi connectivity index (χ0n) is 15.3. The second-order valence-corrected chi connectivity index (χ2v) is 6.81. The number of halogens is 2. The van der Waals surface area contributed by atoms with Crippen LogP contribution in [0.2, 0.25) is 0 Å². The molecular formula is C21H13F2N5O2. The summed E-state index contributed by atoms with van der Waals surface area (Å²) in [6.07, 6.45) is 0. The lowest BCUT2D eigenvalue weighted by molar-refractivity contribution is -0.532. The number of benzene rings is 2. The predicted molar refractivity (Wildman–Crippen MR) is 99.5 cm³/mol. The molecule has 0 unspecified atom stereocenters. The Morgan fingerprint density at radius 1 is 0.933 bits per heavy atom. The molecule has 0 aliphatic heterocycles. The standard InChI is InChI=1S/C21H13F2N5O2/c22-14-5-1-12(2-6-14)17-16(9-24)20(27)21(10-25,11-26)18(19(17)28(29)30)13-3-7-15(23)8-4-13/h1-8,17-19H,27H2/t17-,18+,19-/m0/s1. The largest absolute Gasteiger partial charge is 0.399 e. The van der Waals surface area contributed by atoms with Crippen LogP contribution in [0.5, 0.6) is 0 Å². The van der Waals surface area contributed by atoms with Crippen LogP contribution in [0, 0.1) is 61.2 Å². The normalized spacial score (nSPS) is 22.4. The van der Waals surface area contributed by atoms with E-state index in [1.54, 1.807) is 18.2 Å². The molecule has 2 aromatic rings. The van der Waals surface area contributed by atoms with E-state index >= 15 is 0 Å². The quantitative estimate of drug-likeness (QED) is 0.614. The molecular weight excluding hydrogens is 392 g/mol. The van der Waals surface area contributed by atoms with Crippen LogP contribution in [0.15, 0.2) is 59.8 Å². The molecule has 0 heterocycles. The van der Waals surface area contributed by atoms with Crippen molar-refractivity contribution in [1.82, 2.24) is 0 Å². The number of nitrogens with two attached hydrogens (primary N) is 1. The summed E-state index contributed by atoms with van der Waals surface area (Å²) in [4.78, 5) is 11.5. The molecule has 1 aliphatic rings. The summed E-state index contributed by atoms with van der Waals surface area (Å²) in [7, 11) is 0. The van der Waals surface area contributed by atoms with Gasteiger partial charge in [0.05, 0.1) is 41.3 Å². The van der Waals surface area contributed by atoms with E-state index in [-0.39, 0.29) is 16.7 Å². The molecule has 148 valence electrons. The molecule has 0 fully saturated rings. The van der Waals surface area contributed by atoms with Gasteiger partial charge in [-0.2, -0.15) is 15.8 Å². The van der Waals surface area contributed by atoms with Crippen LogP contribution < -0.4 is 5.73 Å². The van der Waals surface area contributed by atoms with E-state index in [2.05, 4.69) is 0 Å². The van der Waals surface area contributed by atoms with Gasteiger partial charge in [-0.1, -0.05) is 24.3 Å². The monoisotopic (exact) mass is 405 g/mol. The summed E-state index contributed by atoms with van der Waals surface area (Å²) in [5.41, 5.74) is 3.55. The lowest BCUT2D eigenvalue weighted by Crippen LogP contribution is -2.50. The maximum absolute atomic E-state index is 13.5. The van der Waals surface area contributed by atoms with E-state index in [1.165, 1.54) is 24.3 Å². The first-order valence-electron chi connectivity index (χ1n) is 8.67. The fraction of sp³-hybridized carbons (Fsp3) is 0.190. The van der Waals surface area contributed by atoms with E-state index in [1.807, 2.05) is 0 Å². The van der Waals surface area contributed by atoms with Crippen molar-refractivity contribution in [2.75, 3.05) is 0 Å². The summed E-state index contributed by atoms with van der Waals surface area (Å²) in [6.45, 7) is 0. The average Bonchev–Trinajstić information content (AvgIpc) is 2.74. The molecule has 3 atom stereocenters. The van der Waals surface area contributed by atoms with Gasteiger partial charge in [0.15, 0.2) is 5.41 Å². The Labute approximate surface area is 170 Å². The van der Waals surface area contributed by atoms with Crippen LogP contribution in [-0.2, 0) is 0 Å². The van der Waals surface area contributed by atoms with Crippen molar-refractivity contribution in [3.63, 3.8) is 0 Å². The van der Waals surface area contributed by atoms with E-state index in [9.17, 15) is 34.7 Å². The van der Waals surface area contributed by atoms with Gasteiger partial charge in [0, 0.05) is 4.92 Å². The van der Waals surface area contributed by atoms with E-state index in [0.717, 1.165) is 24.3 Å². The minimum Gasteiger partial charge on any atom is -0.399 e. The highest BCUT2D eigenvalue weighted by Crippen LogP contribution is 2.53. The van der Waals surface area contributed by atoms with Crippen LogP contribution >= 0.6 is 0 Å². The van der Waals surface area contributed by atoms with Gasteiger partial charge in [0.1, 0.15) is 11.6 Å². The van der Waals surface area contributed by atoms with Crippen LogP contribution in [0.25, 0.3) is 0 Å². The Kier molecular flexibility index (Phi) is 5.19. The third-order valence-corrected chi connectivity index (χ3v) is 5.35. The van der Waals surface area contributed by atoms with Crippen LogP contribution in [0.3, 0.4) is 0 Å². The van der Waals surface area contributed by atoms with Gasteiger partial charge in [0.25, 0.3) is 0 Å². The number of nitriles is 3. The van der Waals surface area contributed by atoms with Crippen molar-refractivity contribution in [1.29, 1.82) is 15.8 Å². The summed E-state index contributed by atoms with van der Waals surface area (Å²) in [6, 6.07) is 13.0. The first-order chi connectivity index (χ1) is 14.3. The Bertz CT molecular complexity index is 1140. The lowest BCUT2D eigenvalue weighted by Gasteiger charge is -2.40. The maximum atomic E-state index is 13.5. The summed E-state index contributed by atoms with van der Waals surface area (Å²) < 4.78 is 26.9. The first-order valence-corrected chi connectivity index (χ1v) is 8.67. The molecule has 9 heteroatoms. The molecule has 0 amide bonds. The zero-order valence-corrected chi connectivity index (χ0v) is 15.3. The second kappa shape index (κ2) is 7.62. The average molecular weight is 405 g/mol. The summed E-state index contributed by atoms with van der Waals surface area (Å²) >= 11 is 0. The van der Waals surface area contributed by atoms with Gasteiger partial charge in [-0.25, -0.2) is 8.78 Å². The zero-order chi connectivity index (χ0) is 22.1. The Hall–Kier alpha value is -4.29. The van der Waals surface area contributed by atoms with Crippen molar-refractivity contribution in [2.45, 2.75) is 17.9 Å². The number of hydrogen-bond donors (Lipinski definition) is 1. The minimum atomic E-state index is -2.23. The van der Waals surface area contributed by atoms with Gasteiger partial charge >= 0.3 is 0 Å². The van der Waals surface area contributed by atoms with E-state index in [0.29, 0.717) is 0 Å². The van der Waals surface area contributed by atoms with Crippen molar-refractivity contribution < 1.29 is 13.7 Å². The topological polar surface area (TPSA) is 141 Å². The molecule has 0 saturated heterocycles. The smallest absolute Gasteiger partial charge is 0.234 e. The Balaban J connectivity index is 2.40. The molecule has 3 rings (SSSR count). The van der Waals surface area contributed by atoms with Crippen LogP contribution in [0.1, 0.15) is 23.0 Å². The van der Waals surface area contributed by atoms with Crippen LogP contribution in [0.4, 0.5) is 8.78 Å². The number of nitro groups is 1. The molecule has 0 bridgehead atoms. The molecule has 1 aliphatic carbocycles.